The van der Waals surface area contributed by atoms with E-state index in [4.69, 9.17) is 0 Å². The third-order valence-corrected chi connectivity index (χ3v) is 2.83. The Morgan fingerprint density at radius 2 is 1.77 bits per heavy atom. The molecule has 0 aromatic heterocycles. The molecule has 0 aromatic carbocycles. The molecule has 3 nitrogen and oxygen atoms in total. The summed E-state index contributed by atoms with van der Waals surface area (Å²) in [5.41, 5.74) is 0. The van der Waals surface area contributed by atoms with Crippen LogP contribution in [0.1, 0.15) is 32.6 Å². The van der Waals surface area contributed by atoms with Gasteiger partial charge in [-0.25, -0.2) is 8.42 Å². The fourth-order valence-electron chi connectivity index (χ4n) is 1.09. The lowest BCUT2D eigenvalue weighted by atomic mass is 10.2. The minimum absolute atomic E-state index is 0.334. The molecule has 0 aliphatic heterocycles. The van der Waals surface area contributed by atoms with E-state index < -0.39 is 9.84 Å². The van der Waals surface area contributed by atoms with Crippen LogP contribution in [0.4, 0.5) is 0 Å². The summed E-state index contributed by atoms with van der Waals surface area (Å²) in [6, 6.07) is 0. The molecule has 0 heterocycles. The van der Waals surface area contributed by atoms with Gasteiger partial charge in [-0.15, -0.1) is 0 Å². The fraction of sp³-hybridized carbons (Fsp3) is 1.00. The smallest absolute Gasteiger partial charge is 0.147 e. The van der Waals surface area contributed by atoms with Gasteiger partial charge in [-0.2, -0.15) is 0 Å². The Hall–Kier alpha value is -0.0900. The van der Waals surface area contributed by atoms with Crippen LogP contribution < -0.4 is 5.32 Å². The number of unbranched alkanes of at least 4 members (excludes halogenated alkanes) is 2. The van der Waals surface area contributed by atoms with Crippen molar-refractivity contribution < 1.29 is 8.42 Å². The zero-order valence-corrected chi connectivity index (χ0v) is 9.49. The van der Waals surface area contributed by atoms with Crippen molar-refractivity contribution in [1.29, 1.82) is 0 Å². The van der Waals surface area contributed by atoms with E-state index in [1.54, 1.807) is 0 Å². The van der Waals surface area contributed by atoms with Gasteiger partial charge in [-0.1, -0.05) is 13.3 Å². The van der Waals surface area contributed by atoms with E-state index in [1.807, 2.05) is 0 Å². The molecule has 4 heteroatoms. The number of sulfone groups is 1. The first-order valence-corrected chi connectivity index (χ1v) is 7.00. The van der Waals surface area contributed by atoms with Crippen molar-refractivity contribution in [2.24, 2.45) is 0 Å². The largest absolute Gasteiger partial charge is 0.317 e. The topological polar surface area (TPSA) is 46.2 Å². The van der Waals surface area contributed by atoms with Crippen LogP contribution in [0.25, 0.3) is 0 Å². The van der Waals surface area contributed by atoms with Crippen molar-refractivity contribution in [2.45, 2.75) is 32.6 Å². The van der Waals surface area contributed by atoms with Gasteiger partial charge < -0.3 is 5.32 Å². The Bertz CT molecular complexity index is 200. The monoisotopic (exact) mass is 207 g/mol. The van der Waals surface area contributed by atoms with Gasteiger partial charge in [0.1, 0.15) is 9.84 Å². The first-order chi connectivity index (χ1) is 6.06. The van der Waals surface area contributed by atoms with Gasteiger partial charge in [0, 0.05) is 12.0 Å². The Morgan fingerprint density at radius 3 is 2.31 bits per heavy atom. The van der Waals surface area contributed by atoms with E-state index in [1.165, 1.54) is 6.26 Å². The second-order valence-corrected chi connectivity index (χ2v) is 5.70. The molecule has 0 aliphatic carbocycles. The highest BCUT2D eigenvalue weighted by Gasteiger charge is 2.00. The van der Waals surface area contributed by atoms with E-state index in [-0.39, 0.29) is 0 Å². The Kier molecular flexibility index (Phi) is 7.28. The fourth-order valence-corrected chi connectivity index (χ4v) is 1.82. The normalized spacial score (nSPS) is 11.8. The summed E-state index contributed by atoms with van der Waals surface area (Å²) in [5, 5.41) is 3.28. The van der Waals surface area contributed by atoms with Crippen LogP contribution in [0, 0.1) is 0 Å². The van der Waals surface area contributed by atoms with Crippen LogP contribution >= 0.6 is 0 Å². The maximum Gasteiger partial charge on any atom is 0.147 e. The molecule has 0 unspecified atom stereocenters. The molecule has 0 saturated carbocycles. The van der Waals surface area contributed by atoms with E-state index in [9.17, 15) is 8.42 Å². The van der Waals surface area contributed by atoms with Crippen molar-refractivity contribution in [3.63, 3.8) is 0 Å². The first kappa shape index (κ1) is 12.9. The third kappa shape index (κ3) is 11.9. The summed E-state index contributed by atoms with van der Waals surface area (Å²) < 4.78 is 21.5. The minimum atomic E-state index is -2.74. The van der Waals surface area contributed by atoms with Gasteiger partial charge >= 0.3 is 0 Å². The molecule has 0 aliphatic rings. The molecule has 13 heavy (non-hydrogen) atoms. The number of nitrogens with one attached hydrogen (secondary N) is 1. The summed E-state index contributed by atoms with van der Waals surface area (Å²) in [6.07, 6.45) is 5.33. The van der Waals surface area contributed by atoms with Crippen LogP contribution in [0.3, 0.4) is 0 Å². The average molecular weight is 207 g/mol. The van der Waals surface area contributed by atoms with Crippen molar-refractivity contribution in [1.82, 2.24) is 5.32 Å². The van der Waals surface area contributed by atoms with E-state index in [0.717, 1.165) is 38.8 Å². The van der Waals surface area contributed by atoms with Gasteiger partial charge in [0.2, 0.25) is 0 Å². The molecular weight excluding hydrogens is 186 g/mol. The minimum Gasteiger partial charge on any atom is -0.317 e. The molecule has 0 saturated heterocycles. The molecule has 0 bridgehead atoms. The summed E-state index contributed by atoms with van der Waals surface area (Å²) in [7, 11) is -2.74. The third-order valence-electron chi connectivity index (χ3n) is 1.80. The standard InChI is InChI=1S/C9H21NO2S/c1-3-7-10-8-5-4-6-9-13(2,11)12/h10H,3-9H2,1-2H3. The predicted molar refractivity (Wildman–Crippen MR) is 56.7 cm³/mol. The summed E-state index contributed by atoms with van der Waals surface area (Å²) in [4.78, 5) is 0. The second-order valence-electron chi connectivity index (χ2n) is 3.44. The van der Waals surface area contributed by atoms with Crippen LogP contribution in [0.15, 0.2) is 0 Å². The zero-order chi connectivity index (χ0) is 10.2. The maximum atomic E-state index is 10.8. The van der Waals surface area contributed by atoms with E-state index >= 15 is 0 Å². The summed E-state index contributed by atoms with van der Waals surface area (Å²) in [6.45, 7) is 4.21. The van der Waals surface area contributed by atoms with Crippen LogP contribution in [-0.4, -0.2) is 33.5 Å². The van der Waals surface area contributed by atoms with Crippen LogP contribution in [-0.2, 0) is 9.84 Å². The van der Waals surface area contributed by atoms with Crippen molar-refractivity contribution in [2.75, 3.05) is 25.1 Å². The lowest BCUT2D eigenvalue weighted by molar-refractivity contribution is 0.587. The molecule has 0 spiro atoms. The lowest BCUT2D eigenvalue weighted by Crippen LogP contribution is -2.16. The summed E-state index contributed by atoms with van der Waals surface area (Å²) >= 11 is 0. The van der Waals surface area contributed by atoms with Gasteiger partial charge in [0.25, 0.3) is 0 Å². The lowest BCUT2D eigenvalue weighted by Gasteiger charge is -2.02. The van der Waals surface area contributed by atoms with Crippen LogP contribution in [0.5, 0.6) is 0 Å². The van der Waals surface area contributed by atoms with Crippen LogP contribution in [0.2, 0.25) is 0 Å². The van der Waals surface area contributed by atoms with Gasteiger partial charge in [-0.3, -0.25) is 0 Å². The van der Waals surface area contributed by atoms with E-state index in [0.29, 0.717) is 5.75 Å². The van der Waals surface area contributed by atoms with Gasteiger partial charge in [0.15, 0.2) is 0 Å². The van der Waals surface area contributed by atoms with E-state index in [2.05, 4.69) is 12.2 Å². The molecule has 0 radical (unpaired) electrons. The number of hydrogen-bond acceptors (Lipinski definition) is 3. The van der Waals surface area contributed by atoms with Crippen molar-refractivity contribution in [3.8, 4) is 0 Å². The maximum absolute atomic E-state index is 10.8. The molecule has 0 rings (SSSR count). The zero-order valence-electron chi connectivity index (χ0n) is 8.67. The quantitative estimate of drug-likeness (QED) is 0.608. The predicted octanol–water partition coefficient (Wildman–Crippen LogP) is 1.20. The van der Waals surface area contributed by atoms with Crippen molar-refractivity contribution >= 4 is 9.84 Å². The SMILES string of the molecule is CCCNCCCCCS(C)(=O)=O. The van der Waals surface area contributed by atoms with Gasteiger partial charge in [-0.05, 0) is 32.4 Å². The molecule has 0 fully saturated rings. The summed E-state index contributed by atoms with van der Waals surface area (Å²) in [5.74, 6) is 0.334. The highest BCUT2D eigenvalue weighted by Crippen LogP contribution is 1.97. The van der Waals surface area contributed by atoms with Gasteiger partial charge in [0.05, 0.1) is 0 Å². The second kappa shape index (κ2) is 7.33. The Morgan fingerprint density at radius 1 is 1.08 bits per heavy atom. The molecule has 80 valence electrons. The Balaban J connectivity index is 3.09. The first-order valence-electron chi connectivity index (χ1n) is 4.94. The highest BCUT2D eigenvalue weighted by molar-refractivity contribution is 7.90. The van der Waals surface area contributed by atoms with Crippen molar-refractivity contribution in [3.05, 3.63) is 0 Å². The molecular formula is C9H21NO2S. The Labute approximate surface area is 81.8 Å². The number of hydrogen-bond donors (Lipinski definition) is 1. The molecule has 0 amide bonds. The molecule has 0 aromatic rings. The molecule has 0 atom stereocenters. The molecule has 1 N–H and O–H groups in total. The number of rotatable bonds is 8. The highest BCUT2D eigenvalue weighted by atomic mass is 32.2. The average Bonchev–Trinajstić information content (AvgIpc) is 2.01.